The summed E-state index contributed by atoms with van der Waals surface area (Å²) >= 11 is 0. The number of piperidine rings is 1. The van der Waals surface area contributed by atoms with Gasteiger partial charge in [-0.1, -0.05) is 18.2 Å². The summed E-state index contributed by atoms with van der Waals surface area (Å²) in [6.45, 7) is 0.839. The summed E-state index contributed by atoms with van der Waals surface area (Å²) in [4.78, 5) is 26.7. The third-order valence-electron chi connectivity index (χ3n) is 6.24. The Morgan fingerprint density at radius 3 is 2.62 bits per heavy atom. The lowest BCUT2D eigenvalue weighted by atomic mass is 9.86. The third kappa shape index (κ3) is 3.83. The molecule has 0 unspecified atom stereocenters. The SMILES string of the molecule is O=C(c1cc2c([nH]1)CCC(n1ccnc1)=N2)N1CCC(c2ccccc2C(F)(F)F)CC1. The monoisotopic (exact) mass is 441 g/mol. The summed E-state index contributed by atoms with van der Waals surface area (Å²) in [6.07, 6.45) is 3.35. The zero-order valence-electron chi connectivity index (χ0n) is 17.3. The van der Waals surface area contributed by atoms with Crippen LogP contribution in [0.3, 0.4) is 0 Å². The molecule has 1 fully saturated rings. The van der Waals surface area contributed by atoms with Crippen molar-refractivity contribution in [2.24, 2.45) is 4.99 Å². The number of aryl methyl sites for hydroxylation is 1. The number of benzene rings is 1. The highest BCUT2D eigenvalue weighted by Crippen LogP contribution is 2.39. The van der Waals surface area contributed by atoms with Crippen LogP contribution in [-0.2, 0) is 12.6 Å². The van der Waals surface area contributed by atoms with Gasteiger partial charge in [0.25, 0.3) is 5.91 Å². The molecule has 3 aromatic rings. The highest BCUT2D eigenvalue weighted by molar-refractivity contribution is 5.95. The molecule has 2 aliphatic heterocycles. The van der Waals surface area contributed by atoms with E-state index in [0.29, 0.717) is 37.2 Å². The number of aromatic nitrogens is 3. The Morgan fingerprint density at radius 2 is 1.91 bits per heavy atom. The Labute approximate surface area is 182 Å². The number of imidazole rings is 1. The van der Waals surface area contributed by atoms with E-state index in [-0.39, 0.29) is 11.8 Å². The molecular weight excluding hydrogens is 419 g/mol. The van der Waals surface area contributed by atoms with Crippen molar-refractivity contribution >= 4 is 17.4 Å². The minimum atomic E-state index is -4.37. The largest absolute Gasteiger partial charge is 0.416 e. The topological polar surface area (TPSA) is 66.3 Å². The number of carbonyl (C=O) groups is 1. The fraction of sp³-hybridized carbons (Fsp3) is 0.348. The Morgan fingerprint density at radius 1 is 1.12 bits per heavy atom. The molecule has 1 saturated heterocycles. The lowest BCUT2D eigenvalue weighted by molar-refractivity contribution is -0.138. The van der Waals surface area contributed by atoms with Crippen molar-refractivity contribution in [2.75, 3.05) is 13.1 Å². The van der Waals surface area contributed by atoms with Crippen LogP contribution >= 0.6 is 0 Å². The molecule has 9 heteroatoms. The molecule has 4 heterocycles. The first-order valence-corrected chi connectivity index (χ1v) is 10.6. The maximum absolute atomic E-state index is 13.4. The van der Waals surface area contributed by atoms with Crippen molar-refractivity contribution in [3.63, 3.8) is 0 Å². The number of fused-ring (bicyclic) bond motifs is 1. The Kier molecular flexibility index (Phi) is 5.11. The fourth-order valence-corrected chi connectivity index (χ4v) is 4.60. The van der Waals surface area contributed by atoms with Crippen LogP contribution < -0.4 is 0 Å². The van der Waals surface area contributed by atoms with E-state index in [2.05, 4.69) is 15.0 Å². The molecular formula is C23H22F3N5O. The zero-order chi connectivity index (χ0) is 22.3. The average Bonchev–Trinajstić information content (AvgIpc) is 3.48. The summed E-state index contributed by atoms with van der Waals surface area (Å²) in [6, 6.07) is 7.51. The molecule has 2 aromatic heterocycles. The number of nitrogens with zero attached hydrogens (tertiary/aromatic N) is 4. The highest BCUT2D eigenvalue weighted by atomic mass is 19.4. The van der Waals surface area contributed by atoms with Crippen LogP contribution in [0.15, 0.2) is 54.0 Å². The molecule has 2 aliphatic rings. The van der Waals surface area contributed by atoms with Crippen molar-refractivity contribution in [1.29, 1.82) is 0 Å². The molecule has 1 N–H and O–H groups in total. The molecule has 6 nitrogen and oxygen atoms in total. The molecule has 0 aliphatic carbocycles. The Balaban J connectivity index is 1.29. The van der Waals surface area contributed by atoms with Crippen LogP contribution in [0.1, 0.15) is 52.5 Å². The summed E-state index contributed by atoms with van der Waals surface area (Å²) in [7, 11) is 0. The molecule has 5 rings (SSSR count). The molecule has 0 atom stereocenters. The summed E-state index contributed by atoms with van der Waals surface area (Å²) in [5, 5.41) is 0. The number of H-pyrrole nitrogens is 1. The Hall–Kier alpha value is -3.36. The highest BCUT2D eigenvalue weighted by Gasteiger charge is 2.36. The van der Waals surface area contributed by atoms with Crippen LogP contribution in [-0.4, -0.2) is 44.3 Å². The van der Waals surface area contributed by atoms with E-state index in [1.807, 2.05) is 10.8 Å². The number of carbonyl (C=O) groups excluding carboxylic acids is 1. The smallest absolute Gasteiger partial charge is 0.353 e. The minimum Gasteiger partial charge on any atom is -0.353 e. The number of amides is 1. The molecule has 0 spiro atoms. The molecule has 0 bridgehead atoms. The second kappa shape index (κ2) is 7.96. The number of aliphatic imine (C=N–C) groups is 1. The van der Waals surface area contributed by atoms with Gasteiger partial charge in [0.1, 0.15) is 17.9 Å². The van der Waals surface area contributed by atoms with Crippen molar-refractivity contribution < 1.29 is 18.0 Å². The van der Waals surface area contributed by atoms with E-state index >= 15 is 0 Å². The van der Waals surface area contributed by atoms with Gasteiger partial charge in [-0.3, -0.25) is 9.36 Å². The molecule has 0 radical (unpaired) electrons. The zero-order valence-corrected chi connectivity index (χ0v) is 17.3. The van der Waals surface area contributed by atoms with Gasteiger partial charge >= 0.3 is 6.18 Å². The van der Waals surface area contributed by atoms with E-state index in [4.69, 9.17) is 0 Å². The number of rotatable bonds is 2. The van der Waals surface area contributed by atoms with Crippen LogP contribution in [0.4, 0.5) is 18.9 Å². The standard InChI is InChI=1S/C23H22F3N5O/c24-23(25,26)17-4-2-1-3-16(17)15-7-10-30(11-8-15)22(32)20-13-19-18(28-20)5-6-21(29-19)31-12-9-27-14-31/h1-4,9,12-15,28H,5-8,10-11H2. The second-order valence-electron chi connectivity index (χ2n) is 8.20. The molecule has 166 valence electrons. The number of nitrogens with one attached hydrogen (secondary N) is 1. The van der Waals surface area contributed by atoms with E-state index in [1.165, 1.54) is 6.07 Å². The predicted molar refractivity (Wildman–Crippen MR) is 113 cm³/mol. The van der Waals surface area contributed by atoms with E-state index in [0.717, 1.165) is 36.1 Å². The maximum atomic E-state index is 13.4. The van der Waals surface area contributed by atoms with Gasteiger partial charge in [-0.25, -0.2) is 9.98 Å². The van der Waals surface area contributed by atoms with Crippen LogP contribution in [0.25, 0.3) is 0 Å². The van der Waals surface area contributed by atoms with Gasteiger partial charge in [0, 0.05) is 37.6 Å². The third-order valence-corrected chi connectivity index (χ3v) is 6.24. The van der Waals surface area contributed by atoms with Crippen molar-refractivity contribution in [2.45, 2.75) is 37.8 Å². The van der Waals surface area contributed by atoms with Crippen LogP contribution in [0.2, 0.25) is 0 Å². The second-order valence-corrected chi connectivity index (χ2v) is 8.20. The number of hydrogen-bond acceptors (Lipinski definition) is 3. The molecule has 1 aromatic carbocycles. The predicted octanol–water partition coefficient (Wildman–Crippen LogP) is 4.77. The number of halogens is 3. The van der Waals surface area contributed by atoms with E-state index < -0.39 is 11.7 Å². The molecule has 32 heavy (non-hydrogen) atoms. The maximum Gasteiger partial charge on any atom is 0.416 e. The lowest BCUT2D eigenvalue weighted by Gasteiger charge is -2.33. The molecule has 0 saturated carbocycles. The number of hydrogen-bond donors (Lipinski definition) is 1. The minimum absolute atomic E-state index is 0.138. The van der Waals surface area contributed by atoms with Gasteiger partial charge < -0.3 is 9.88 Å². The van der Waals surface area contributed by atoms with Gasteiger partial charge in [0.05, 0.1) is 11.3 Å². The summed E-state index contributed by atoms with van der Waals surface area (Å²) in [5.74, 6) is 0.523. The van der Waals surface area contributed by atoms with Crippen molar-refractivity contribution in [1.82, 2.24) is 19.4 Å². The fourth-order valence-electron chi connectivity index (χ4n) is 4.60. The summed E-state index contributed by atoms with van der Waals surface area (Å²) in [5.41, 5.74) is 1.89. The normalized spacial score (nSPS) is 17.2. The van der Waals surface area contributed by atoms with E-state index in [9.17, 15) is 18.0 Å². The van der Waals surface area contributed by atoms with Gasteiger partial charge in [-0.15, -0.1) is 0 Å². The van der Waals surface area contributed by atoms with Gasteiger partial charge in [0.2, 0.25) is 0 Å². The number of alkyl halides is 3. The van der Waals surface area contributed by atoms with Gasteiger partial charge in [0.15, 0.2) is 0 Å². The number of likely N-dealkylation sites (tertiary alicyclic amines) is 1. The van der Waals surface area contributed by atoms with Crippen LogP contribution in [0.5, 0.6) is 0 Å². The van der Waals surface area contributed by atoms with Gasteiger partial charge in [-0.2, -0.15) is 13.2 Å². The van der Waals surface area contributed by atoms with Gasteiger partial charge in [-0.05, 0) is 42.9 Å². The van der Waals surface area contributed by atoms with E-state index in [1.54, 1.807) is 35.6 Å². The first kappa shape index (κ1) is 20.5. The lowest BCUT2D eigenvalue weighted by Crippen LogP contribution is -2.38. The molecule has 1 amide bonds. The number of aromatic amines is 1. The average molecular weight is 441 g/mol. The first-order valence-electron chi connectivity index (χ1n) is 10.6. The quantitative estimate of drug-likeness (QED) is 0.622. The first-order chi connectivity index (χ1) is 15.4. The Bertz CT molecular complexity index is 1150. The van der Waals surface area contributed by atoms with Crippen LogP contribution in [0, 0.1) is 0 Å². The van der Waals surface area contributed by atoms with Crippen molar-refractivity contribution in [3.05, 3.63) is 71.6 Å². The summed E-state index contributed by atoms with van der Waals surface area (Å²) < 4.78 is 42.0. The van der Waals surface area contributed by atoms with Crippen molar-refractivity contribution in [3.8, 4) is 0 Å².